The van der Waals surface area contributed by atoms with Crippen molar-refractivity contribution in [1.82, 2.24) is 4.90 Å². The monoisotopic (exact) mass is 557 g/mol. The molecular formula is C24H43B2BrNO5P. The van der Waals surface area contributed by atoms with Crippen LogP contribution in [-0.2, 0) is 20.6 Å². The molecule has 34 heavy (non-hydrogen) atoms. The first-order chi connectivity index (χ1) is 15.1. The van der Waals surface area contributed by atoms with Gasteiger partial charge in [-0.15, -0.1) is 9.24 Å². The normalized spacial score (nSPS) is 14.9. The Hall–Kier alpha value is -0.590. The number of benzene rings is 1. The molecule has 6 nitrogen and oxygen atoms in total. The van der Waals surface area contributed by atoms with Gasteiger partial charge >= 0.3 is 6.09 Å². The summed E-state index contributed by atoms with van der Waals surface area (Å²) in [4.78, 5) is 14.9. The average molecular weight is 558 g/mol. The summed E-state index contributed by atoms with van der Waals surface area (Å²) in [6.07, 6.45) is -0.563. The van der Waals surface area contributed by atoms with Gasteiger partial charge in [0.1, 0.15) is 11.2 Å². The topological polar surface area (TPSA) is 68.2 Å². The van der Waals surface area contributed by atoms with Gasteiger partial charge in [-0.2, -0.15) is 0 Å². The van der Waals surface area contributed by atoms with Crippen LogP contribution in [0.3, 0.4) is 0 Å². The van der Waals surface area contributed by atoms with Gasteiger partial charge in [0, 0.05) is 9.63 Å². The zero-order chi connectivity index (χ0) is 26.8. The number of halogens is 1. The Kier molecular flexibility index (Phi) is 10.4. The summed E-state index contributed by atoms with van der Waals surface area (Å²) in [6.45, 7) is 20.9. The van der Waals surface area contributed by atoms with Crippen molar-refractivity contribution < 1.29 is 23.9 Å². The fraction of sp³-hybridized carbons (Fsp3) is 0.708. The number of rotatable bonds is 10. The van der Waals surface area contributed by atoms with Crippen LogP contribution in [-0.4, -0.2) is 58.5 Å². The zero-order valence-corrected chi connectivity index (χ0v) is 25.6. The Labute approximate surface area is 218 Å². The summed E-state index contributed by atoms with van der Waals surface area (Å²) < 4.78 is 19.1. The highest BCUT2D eigenvalue weighted by molar-refractivity contribution is 9.10. The summed E-state index contributed by atoms with van der Waals surface area (Å²) in [5.41, 5.74) is -1.97. The lowest BCUT2D eigenvalue weighted by Crippen LogP contribution is -2.64. The van der Waals surface area contributed by atoms with E-state index in [1.54, 1.807) is 20.8 Å². The highest BCUT2D eigenvalue weighted by Gasteiger charge is 2.49. The zero-order valence-electron chi connectivity index (χ0n) is 22.8. The smallest absolute Gasteiger partial charge is 0.412 e. The molecule has 1 aromatic carbocycles. The van der Waals surface area contributed by atoms with Crippen molar-refractivity contribution in [3.8, 4) is 0 Å². The lowest BCUT2D eigenvalue weighted by molar-refractivity contribution is -0.186. The van der Waals surface area contributed by atoms with Crippen LogP contribution in [0.25, 0.3) is 0 Å². The molecule has 0 spiro atoms. The molecule has 1 N–H and O–H groups in total. The van der Waals surface area contributed by atoms with Gasteiger partial charge < -0.3 is 19.2 Å². The van der Waals surface area contributed by atoms with Crippen molar-refractivity contribution in [2.45, 2.75) is 110 Å². The Morgan fingerprint density at radius 3 is 2.00 bits per heavy atom. The first-order valence-electron chi connectivity index (χ1n) is 11.7. The molecule has 192 valence electrons. The molecule has 2 unspecified atom stereocenters. The minimum atomic E-state index is -1.40. The van der Waals surface area contributed by atoms with E-state index in [1.165, 1.54) is 4.90 Å². The van der Waals surface area contributed by atoms with Gasteiger partial charge in [0.25, 0.3) is 14.7 Å². The van der Waals surface area contributed by atoms with E-state index in [9.17, 15) is 9.90 Å². The first-order valence-corrected chi connectivity index (χ1v) is 13.0. The van der Waals surface area contributed by atoms with E-state index in [2.05, 4.69) is 39.0 Å². The van der Waals surface area contributed by atoms with Gasteiger partial charge in [-0.1, -0.05) is 35.8 Å². The van der Waals surface area contributed by atoms with Crippen LogP contribution >= 0.6 is 25.2 Å². The van der Waals surface area contributed by atoms with Gasteiger partial charge in [-0.25, -0.2) is 4.79 Å². The number of carbonyl (C=O) groups excluding carboxylic acids is 1. The van der Waals surface area contributed by atoms with Gasteiger partial charge in [-0.3, -0.25) is 4.90 Å². The molecule has 1 aromatic rings. The van der Waals surface area contributed by atoms with Crippen molar-refractivity contribution in [2.75, 3.05) is 0 Å². The van der Waals surface area contributed by atoms with Crippen LogP contribution in [0, 0.1) is 6.92 Å². The third-order valence-electron chi connectivity index (χ3n) is 6.38. The van der Waals surface area contributed by atoms with E-state index in [4.69, 9.17) is 14.0 Å². The minimum absolute atomic E-state index is 0.145. The SMILES string of the molecule is Cc1cc(Br)ccc1CN(C(=O)OC(C)(C)C)C(C)(OBBOC(C)(C)C(C)(C)P)C(C)(C)O. The summed E-state index contributed by atoms with van der Waals surface area (Å²) in [6, 6.07) is 5.87. The molecule has 0 aliphatic carbocycles. The van der Waals surface area contributed by atoms with Crippen LogP contribution in [0.4, 0.5) is 4.79 Å². The number of ether oxygens (including phenoxy) is 1. The molecule has 0 bridgehead atoms. The first kappa shape index (κ1) is 31.4. The third-order valence-corrected chi connectivity index (χ3v) is 7.57. The van der Waals surface area contributed by atoms with Crippen molar-refractivity contribution in [2.24, 2.45) is 0 Å². The summed E-state index contributed by atoms with van der Waals surface area (Å²) >= 11 is 3.49. The van der Waals surface area contributed by atoms with E-state index < -0.39 is 28.6 Å². The third kappa shape index (κ3) is 8.51. The van der Waals surface area contributed by atoms with Crippen molar-refractivity contribution in [1.29, 1.82) is 0 Å². The molecule has 10 heteroatoms. The number of amides is 1. The second-order valence-corrected chi connectivity index (χ2v) is 14.0. The molecule has 0 saturated heterocycles. The predicted molar refractivity (Wildman–Crippen MR) is 150 cm³/mol. The van der Waals surface area contributed by atoms with E-state index in [1.807, 2.05) is 59.7 Å². The average Bonchev–Trinajstić information content (AvgIpc) is 2.61. The Balaban J connectivity index is 3.29. The number of carbonyl (C=O) groups is 1. The highest BCUT2D eigenvalue weighted by atomic mass is 79.9. The Morgan fingerprint density at radius 2 is 1.56 bits per heavy atom. The fourth-order valence-corrected chi connectivity index (χ4v) is 3.58. The van der Waals surface area contributed by atoms with Gasteiger partial charge in [0.15, 0.2) is 5.72 Å². The van der Waals surface area contributed by atoms with Gasteiger partial charge in [0.2, 0.25) is 0 Å². The molecule has 0 aliphatic heterocycles. The maximum Gasteiger partial charge on any atom is 0.412 e. The molecular weight excluding hydrogens is 515 g/mol. The Bertz CT molecular complexity index is 849. The molecule has 0 saturated carbocycles. The highest BCUT2D eigenvalue weighted by Crippen LogP contribution is 2.35. The van der Waals surface area contributed by atoms with Gasteiger partial charge in [-0.05, 0) is 85.6 Å². The lowest BCUT2D eigenvalue weighted by atomic mass is 9.62. The maximum absolute atomic E-state index is 13.4. The number of hydrogen-bond donors (Lipinski definition) is 1. The van der Waals surface area contributed by atoms with Crippen LogP contribution in [0.5, 0.6) is 0 Å². The molecule has 0 radical (unpaired) electrons. The fourth-order valence-electron chi connectivity index (χ4n) is 3.02. The molecule has 2 atom stereocenters. The van der Waals surface area contributed by atoms with Crippen LogP contribution in [0.15, 0.2) is 22.7 Å². The summed E-state index contributed by atoms with van der Waals surface area (Å²) in [7, 11) is 3.29. The van der Waals surface area contributed by atoms with Crippen LogP contribution < -0.4 is 0 Å². The van der Waals surface area contributed by atoms with Crippen molar-refractivity contribution >= 4 is 46.0 Å². The molecule has 1 rings (SSSR count). The second kappa shape index (κ2) is 11.2. The van der Waals surface area contributed by atoms with E-state index >= 15 is 0 Å². The number of nitrogens with zero attached hydrogens (tertiary/aromatic N) is 1. The van der Waals surface area contributed by atoms with Gasteiger partial charge in [0.05, 0.1) is 12.1 Å². The van der Waals surface area contributed by atoms with E-state index in [0.717, 1.165) is 15.6 Å². The Morgan fingerprint density at radius 1 is 1.03 bits per heavy atom. The number of aryl methyl sites for hydroxylation is 1. The van der Waals surface area contributed by atoms with E-state index in [-0.39, 0.29) is 19.1 Å². The summed E-state index contributed by atoms with van der Waals surface area (Å²) in [5, 5.41) is 11.1. The lowest BCUT2D eigenvalue weighted by Gasteiger charge is -2.48. The number of aliphatic hydroxyl groups is 1. The number of hydrogen-bond acceptors (Lipinski definition) is 5. The second-order valence-electron chi connectivity index (χ2n) is 11.6. The molecule has 0 aliphatic rings. The molecule has 0 aromatic heterocycles. The predicted octanol–water partition coefficient (Wildman–Crippen LogP) is 5.07. The van der Waals surface area contributed by atoms with Crippen molar-refractivity contribution in [3.05, 3.63) is 33.8 Å². The molecule has 0 fully saturated rings. The minimum Gasteiger partial charge on any atom is -0.444 e. The molecule has 0 heterocycles. The van der Waals surface area contributed by atoms with Crippen molar-refractivity contribution in [3.63, 3.8) is 0 Å². The van der Waals surface area contributed by atoms with Crippen LogP contribution in [0.2, 0.25) is 0 Å². The molecule has 1 amide bonds. The standard InChI is InChI=1S/C24H43B2BrNO5P/c1-16-14-18(27)13-12-17(16)15-28(19(29)31-20(2,3)4)24(11,21(5,6)30)33-26-25-32-22(7,8)23(9,10)34/h12-14,25-26,30H,15,34H2,1-11H3. The van der Waals surface area contributed by atoms with Crippen LogP contribution in [0.1, 0.15) is 80.4 Å². The largest absolute Gasteiger partial charge is 0.444 e. The maximum atomic E-state index is 13.4. The summed E-state index contributed by atoms with van der Waals surface area (Å²) in [5.74, 6) is 0. The quantitative estimate of drug-likeness (QED) is 0.188. The van der Waals surface area contributed by atoms with E-state index in [0.29, 0.717) is 7.37 Å².